The fraction of sp³-hybridized carbons (Fsp3) is 0.579. The third kappa shape index (κ3) is 5.61. The van der Waals surface area contributed by atoms with Gasteiger partial charge in [0, 0.05) is 30.9 Å². The van der Waals surface area contributed by atoms with Gasteiger partial charge in [-0.25, -0.2) is 9.18 Å². The Morgan fingerprint density at radius 1 is 1.38 bits per heavy atom. The third-order valence-electron chi connectivity index (χ3n) is 3.84. The summed E-state index contributed by atoms with van der Waals surface area (Å²) in [6.07, 6.45) is 0.273. The highest BCUT2D eigenvalue weighted by Crippen LogP contribution is 2.37. The van der Waals surface area contributed by atoms with E-state index in [1.807, 2.05) is 0 Å². The van der Waals surface area contributed by atoms with E-state index >= 15 is 0 Å². The molecule has 2 atom stereocenters. The van der Waals surface area contributed by atoms with Crippen molar-refractivity contribution in [2.24, 2.45) is 0 Å². The molecule has 0 aromatic heterocycles. The lowest BCUT2D eigenvalue weighted by Gasteiger charge is -2.23. The van der Waals surface area contributed by atoms with Crippen molar-refractivity contribution in [3.8, 4) is 5.75 Å². The predicted octanol–water partition coefficient (Wildman–Crippen LogP) is 3.67. The normalized spacial score (nSPS) is 17.1. The smallest absolute Gasteiger partial charge is 0.408 e. The van der Waals surface area contributed by atoms with Gasteiger partial charge in [-0.2, -0.15) is 0 Å². The molecule has 0 bridgehead atoms. The van der Waals surface area contributed by atoms with Crippen LogP contribution in [0.4, 0.5) is 9.18 Å². The summed E-state index contributed by atoms with van der Waals surface area (Å²) in [4.78, 5) is 22.8. The molecular formula is C19H26FNO5. The Morgan fingerprint density at radius 2 is 2.08 bits per heavy atom. The molecular weight excluding hydrogens is 341 g/mol. The molecule has 0 saturated heterocycles. The molecule has 0 aliphatic carbocycles. The predicted molar refractivity (Wildman–Crippen MR) is 93.6 cm³/mol. The van der Waals surface area contributed by atoms with Gasteiger partial charge in [0.05, 0.1) is 12.6 Å². The maximum atomic E-state index is 14.0. The Hall–Kier alpha value is -2.31. The van der Waals surface area contributed by atoms with Crippen molar-refractivity contribution in [3.63, 3.8) is 0 Å². The maximum Gasteiger partial charge on any atom is 0.408 e. The first-order chi connectivity index (χ1) is 12.0. The van der Waals surface area contributed by atoms with Crippen LogP contribution in [0.3, 0.4) is 0 Å². The summed E-state index contributed by atoms with van der Waals surface area (Å²) in [5.74, 6) is -0.161. The van der Waals surface area contributed by atoms with Crippen molar-refractivity contribution in [1.82, 2.24) is 5.32 Å². The van der Waals surface area contributed by atoms with Gasteiger partial charge < -0.3 is 19.5 Å². The fourth-order valence-corrected chi connectivity index (χ4v) is 2.80. The fourth-order valence-electron chi connectivity index (χ4n) is 2.80. The van der Waals surface area contributed by atoms with Crippen LogP contribution in [0.1, 0.15) is 58.2 Å². The first-order valence-corrected chi connectivity index (χ1v) is 8.67. The SMILES string of the molecule is CC(=O)OCCC1Cc2cc(F)cc(C(C)NC(=O)OC(C)(C)C)c2O1. The van der Waals surface area contributed by atoms with E-state index in [1.165, 1.54) is 19.1 Å². The van der Waals surface area contributed by atoms with Crippen molar-refractivity contribution in [3.05, 3.63) is 29.1 Å². The number of hydrogen-bond acceptors (Lipinski definition) is 5. The van der Waals surface area contributed by atoms with Crippen LogP contribution >= 0.6 is 0 Å². The van der Waals surface area contributed by atoms with Gasteiger partial charge in [0.15, 0.2) is 0 Å². The molecule has 0 fully saturated rings. The summed E-state index contributed by atoms with van der Waals surface area (Å²) in [5, 5.41) is 2.71. The molecule has 1 aliphatic heterocycles. The highest BCUT2D eigenvalue weighted by Gasteiger charge is 2.29. The standard InChI is InChI=1S/C19H26FNO5/c1-11(21-18(23)26-19(3,4)5)16-10-14(20)8-13-9-15(25-17(13)16)6-7-24-12(2)22/h8,10-11,15H,6-7,9H2,1-5H3,(H,21,23). The number of amides is 1. The summed E-state index contributed by atoms with van der Waals surface area (Å²) in [5.41, 5.74) is 0.679. The zero-order chi connectivity index (χ0) is 19.5. The van der Waals surface area contributed by atoms with Crippen molar-refractivity contribution < 1.29 is 28.2 Å². The third-order valence-corrected chi connectivity index (χ3v) is 3.84. The number of fused-ring (bicyclic) bond motifs is 1. The molecule has 144 valence electrons. The average molecular weight is 367 g/mol. The molecule has 7 heteroatoms. The van der Waals surface area contributed by atoms with Crippen molar-refractivity contribution in [1.29, 1.82) is 0 Å². The Balaban J connectivity index is 2.07. The number of alkyl carbamates (subject to hydrolysis) is 1. The zero-order valence-electron chi connectivity index (χ0n) is 15.8. The Morgan fingerprint density at radius 3 is 2.69 bits per heavy atom. The molecule has 2 unspecified atom stereocenters. The van der Waals surface area contributed by atoms with Gasteiger partial charge in [-0.05, 0) is 39.8 Å². The summed E-state index contributed by atoms with van der Waals surface area (Å²) < 4.78 is 30.1. The summed E-state index contributed by atoms with van der Waals surface area (Å²) in [7, 11) is 0. The number of halogens is 1. The second-order valence-corrected chi connectivity index (χ2v) is 7.42. The van der Waals surface area contributed by atoms with Crippen LogP contribution in [0, 0.1) is 5.82 Å². The number of rotatable bonds is 5. The van der Waals surface area contributed by atoms with E-state index in [0.717, 1.165) is 5.56 Å². The van der Waals surface area contributed by atoms with E-state index in [1.54, 1.807) is 27.7 Å². The van der Waals surface area contributed by atoms with Crippen LogP contribution in [-0.2, 0) is 20.7 Å². The van der Waals surface area contributed by atoms with Crippen LogP contribution in [0.15, 0.2) is 12.1 Å². The van der Waals surface area contributed by atoms with Crippen LogP contribution in [-0.4, -0.2) is 30.4 Å². The van der Waals surface area contributed by atoms with Crippen molar-refractivity contribution in [2.45, 2.75) is 65.2 Å². The molecule has 1 aromatic carbocycles. The number of hydrogen-bond donors (Lipinski definition) is 1. The lowest BCUT2D eigenvalue weighted by atomic mass is 10.0. The molecule has 1 N–H and O–H groups in total. The molecule has 2 rings (SSSR count). The van der Waals surface area contributed by atoms with E-state index in [2.05, 4.69) is 5.32 Å². The van der Waals surface area contributed by atoms with E-state index in [0.29, 0.717) is 24.2 Å². The lowest BCUT2D eigenvalue weighted by Crippen LogP contribution is -2.34. The molecule has 26 heavy (non-hydrogen) atoms. The molecule has 0 radical (unpaired) electrons. The lowest BCUT2D eigenvalue weighted by molar-refractivity contribution is -0.141. The van der Waals surface area contributed by atoms with Gasteiger partial charge in [0.1, 0.15) is 23.3 Å². The summed E-state index contributed by atoms with van der Waals surface area (Å²) in [6, 6.07) is 2.31. The van der Waals surface area contributed by atoms with Gasteiger partial charge in [-0.3, -0.25) is 4.79 Å². The largest absolute Gasteiger partial charge is 0.489 e. The summed E-state index contributed by atoms with van der Waals surface area (Å²) >= 11 is 0. The number of esters is 1. The van der Waals surface area contributed by atoms with Gasteiger partial charge in [0.25, 0.3) is 0 Å². The Labute approximate surface area is 153 Å². The first kappa shape index (κ1) is 20.0. The number of nitrogens with one attached hydrogen (secondary N) is 1. The molecule has 6 nitrogen and oxygen atoms in total. The zero-order valence-corrected chi connectivity index (χ0v) is 15.8. The van der Waals surface area contributed by atoms with E-state index in [4.69, 9.17) is 14.2 Å². The Kier molecular flexibility index (Phi) is 6.10. The average Bonchev–Trinajstić information content (AvgIpc) is 2.86. The minimum atomic E-state index is -0.619. The topological polar surface area (TPSA) is 73.9 Å². The minimum absolute atomic E-state index is 0.196. The monoisotopic (exact) mass is 367 g/mol. The molecule has 1 aliphatic rings. The second kappa shape index (κ2) is 7.93. The van der Waals surface area contributed by atoms with Gasteiger partial charge in [-0.15, -0.1) is 0 Å². The second-order valence-electron chi connectivity index (χ2n) is 7.42. The van der Waals surface area contributed by atoms with Gasteiger partial charge >= 0.3 is 12.1 Å². The number of ether oxygens (including phenoxy) is 3. The van der Waals surface area contributed by atoms with E-state index in [-0.39, 0.29) is 24.5 Å². The molecule has 1 amide bonds. The van der Waals surface area contributed by atoms with Crippen LogP contribution < -0.4 is 10.1 Å². The highest BCUT2D eigenvalue weighted by atomic mass is 19.1. The number of carbonyl (C=O) groups is 2. The van der Waals surface area contributed by atoms with Crippen LogP contribution in [0.25, 0.3) is 0 Å². The maximum absolute atomic E-state index is 14.0. The van der Waals surface area contributed by atoms with Crippen LogP contribution in [0.5, 0.6) is 5.75 Å². The Bertz CT molecular complexity index is 683. The quantitative estimate of drug-likeness (QED) is 0.804. The van der Waals surface area contributed by atoms with E-state index < -0.39 is 17.7 Å². The first-order valence-electron chi connectivity index (χ1n) is 8.67. The van der Waals surface area contributed by atoms with E-state index in [9.17, 15) is 14.0 Å². The molecule has 1 heterocycles. The highest BCUT2D eigenvalue weighted by molar-refractivity contribution is 5.68. The summed E-state index contributed by atoms with van der Waals surface area (Å²) in [6.45, 7) is 8.66. The van der Waals surface area contributed by atoms with Crippen molar-refractivity contribution in [2.75, 3.05) is 6.61 Å². The molecule has 1 aromatic rings. The minimum Gasteiger partial charge on any atom is -0.489 e. The number of benzene rings is 1. The molecule has 0 saturated carbocycles. The van der Waals surface area contributed by atoms with Gasteiger partial charge in [0.2, 0.25) is 0 Å². The molecule has 0 spiro atoms. The number of carbonyl (C=O) groups excluding carboxylic acids is 2. The van der Waals surface area contributed by atoms with Crippen molar-refractivity contribution >= 4 is 12.1 Å². The van der Waals surface area contributed by atoms with Crippen LogP contribution in [0.2, 0.25) is 0 Å². The van der Waals surface area contributed by atoms with Gasteiger partial charge in [-0.1, -0.05) is 0 Å².